The molecule has 4 nitrogen and oxygen atoms in total. The van der Waals surface area contributed by atoms with E-state index >= 15 is 0 Å². The Balaban J connectivity index is 3.37. The van der Waals surface area contributed by atoms with Crippen LogP contribution in [0.1, 0.15) is 16.1 Å². The number of carbonyl (C=O) groups is 1. The lowest BCUT2D eigenvalue weighted by Gasteiger charge is -2.14. The second kappa shape index (κ2) is 3.99. The van der Waals surface area contributed by atoms with Crippen LogP contribution in [-0.2, 0) is 6.18 Å². The van der Waals surface area contributed by atoms with Gasteiger partial charge in [0, 0.05) is 14.1 Å². The maximum atomic E-state index is 12.4. The fourth-order valence-corrected chi connectivity index (χ4v) is 1.09. The molecule has 0 unspecified atom stereocenters. The molecule has 1 aromatic heterocycles. The molecule has 88 valence electrons. The summed E-state index contributed by atoms with van der Waals surface area (Å²) in [6.07, 6.45) is -4.72. The van der Waals surface area contributed by atoms with E-state index in [-0.39, 0.29) is 5.82 Å². The zero-order chi connectivity index (χ0) is 12.5. The molecule has 1 heterocycles. The Morgan fingerprint density at radius 2 is 1.94 bits per heavy atom. The van der Waals surface area contributed by atoms with Crippen molar-refractivity contribution in [2.45, 2.75) is 6.18 Å². The van der Waals surface area contributed by atoms with E-state index in [0.29, 0.717) is 6.07 Å². The number of rotatable bonds is 2. The second-order valence-electron chi connectivity index (χ2n) is 3.26. The number of hydrogen-bond acceptors (Lipinski definition) is 3. The standard InChI is InChI=1S/C9H9F3N2O2/c1-14(2)6-4-3-5(9(10,11)12)7(13-6)8(15)16/h3-4H,1-2H3,(H,15,16). The Bertz CT molecular complexity index is 416. The minimum Gasteiger partial charge on any atom is -0.476 e. The lowest BCUT2D eigenvalue weighted by molar-refractivity contribution is -0.138. The van der Waals surface area contributed by atoms with Crippen molar-refractivity contribution in [1.82, 2.24) is 4.98 Å². The maximum Gasteiger partial charge on any atom is 0.418 e. The highest BCUT2D eigenvalue weighted by Crippen LogP contribution is 2.32. The van der Waals surface area contributed by atoms with Crippen molar-refractivity contribution in [2.75, 3.05) is 19.0 Å². The van der Waals surface area contributed by atoms with E-state index in [1.807, 2.05) is 0 Å². The molecule has 0 radical (unpaired) electrons. The van der Waals surface area contributed by atoms with Crippen molar-refractivity contribution >= 4 is 11.8 Å². The maximum absolute atomic E-state index is 12.4. The summed E-state index contributed by atoms with van der Waals surface area (Å²) in [6, 6.07) is 1.83. The Morgan fingerprint density at radius 3 is 2.31 bits per heavy atom. The van der Waals surface area contributed by atoms with Crippen LogP contribution in [-0.4, -0.2) is 30.2 Å². The van der Waals surface area contributed by atoms with Crippen LogP contribution in [0.2, 0.25) is 0 Å². The Hall–Kier alpha value is -1.79. The molecule has 1 aromatic rings. The van der Waals surface area contributed by atoms with Crippen LogP contribution in [0.15, 0.2) is 12.1 Å². The fraction of sp³-hybridized carbons (Fsp3) is 0.333. The van der Waals surface area contributed by atoms with E-state index in [9.17, 15) is 18.0 Å². The SMILES string of the molecule is CN(C)c1ccc(C(F)(F)F)c(C(=O)O)n1. The predicted octanol–water partition coefficient (Wildman–Crippen LogP) is 1.86. The van der Waals surface area contributed by atoms with Gasteiger partial charge in [-0.25, -0.2) is 9.78 Å². The average Bonchev–Trinajstić information content (AvgIpc) is 2.15. The fourth-order valence-electron chi connectivity index (χ4n) is 1.09. The predicted molar refractivity (Wildman–Crippen MR) is 50.5 cm³/mol. The summed E-state index contributed by atoms with van der Waals surface area (Å²) in [6.45, 7) is 0. The summed E-state index contributed by atoms with van der Waals surface area (Å²) < 4.78 is 37.3. The van der Waals surface area contributed by atoms with Gasteiger partial charge in [0.25, 0.3) is 0 Å². The minimum atomic E-state index is -4.72. The van der Waals surface area contributed by atoms with Crippen molar-refractivity contribution < 1.29 is 23.1 Å². The van der Waals surface area contributed by atoms with Crippen LogP contribution in [0.4, 0.5) is 19.0 Å². The number of carboxylic acids is 1. The number of carboxylic acid groups (broad SMARTS) is 1. The van der Waals surface area contributed by atoms with Gasteiger partial charge >= 0.3 is 12.1 Å². The zero-order valence-electron chi connectivity index (χ0n) is 8.54. The van der Waals surface area contributed by atoms with Gasteiger partial charge in [-0.3, -0.25) is 0 Å². The van der Waals surface area contributed by atoms with Gasteiger partial charge in [-0.05, 0) is 12.1 Å². The first-order valence-corrected chi connectivity index (χ1v) is 4.22. The molecular formula is C9H9F3N2O2. The molecule has 0 atom stereocenters. The van der Waals surface area contributed by atoms with Crippen LogP contribution < -0.4 is 4.90 Å². The average molecular weight is 234 g/mol. The van der Waals surface area contributed by atoms with Gasteiger partial charge in [0.15, 0.2) is 5.69 Å². The van der Waals surface area contributed by atoms with E-state index in [2.05, 4.69) is 4.98 Å². The number of nitrogens with zero attached hydrogens (tertiary/aromatic N) is 2. The van der Waals surface area contributed by atoms with E-state index in [1.165, 1.54) is 4.90 Å². The number of halogens is 3. The molecule has 0 aliphatic carbocycles. The van der Waals surface area contributed by atoms with Crippen LogP contribution in [0.5, 0.6) is 0 Å². The third-order valence-corrected chi connectivity index (χ3v) is 1.85. The largest absolute Gasteiger partial charge is 0.476 e. The van der Waals surface area contributed by atoms with Crippen LogP contribution in [0.3, 0.4) is 0 Å². The van der Waals surface area contributed by atoms with Crippen molar-refractivity contribution in [3.63, 3.8) is 0 Å². The Kier molecular flexibility index (Phi) is 3.06. The molecule has 0 fully saturated rings. The number of alkyl halides is 3. The summed E-state index contributed by atoms with van der Waals surface area (Å²) in [5.74, 6) is -1.54. The third kappa shape index (κ3) is 2.41. The number of anilines is 1. The van der Waals surface area contributed by atoms with Gasteiger partial charge < -0.3 is 10.0 Å². The van der Waals surface area contributed by atoms with Crippen molar-refractivity contribution in [2.24, 2.45) is 0 Å². The summed E-state index contributed by atoms with van der Waals surface area (Å²) in [4.78, 5) is 15.5. The highest BCUT2D eigenvalue weighted by molar-refractivity contribution is 5.87. The van der Waals surface area contributed by atoms with E-state index in [0.717, 1.165) is 6.07 Å². The van der Waals surface area contributed by atoms with Crippen molar-refractivity contribution in [3.8, 4) is 0 Å². The quantitative estimate of drug-likeness (QED) is 0.848. The molecule has 0 spiro atoms. The highest BCUT2D eigenvalue weighted by Gasteiger charge is 2.36. The molecule has 7 heteroatoms. The first-order chi connectivity index (χ1) is 7.23. The number of pyridine rings is 1. The lowest BCUT2D eigenvalue weighted by Crippen LogP contribution is -2.18. The summed E-state index contributed by atoms with van der Waals surface area (Å²) in [5, 5.41) is 8.65. The van der Waals surface area contributed by atoms with Crippen LogP contribution in [0.25, 0.3) is 0 Å². The van der Waals surface area contributed by atoms with Gasteiger partial charge in [0.1, 0.15) is 5.82 Å². The summed E-state index contributed by atoms with van der Waals surface area (Å²) in [5.41, 5.74) is -2.23. The van der Waals surface area contributed by atoms with Gasteiger partial charge in [0.2, 0.25) is 0 Å². The smallest absolute Gasteiger partial charge is 0.418 e. The number of aromatic nitrogens is 1. The summed E-state index contributed by atoms with van der Waals surface area (Å²) >= 11 is 0. The van der Waals surface area contributed by atoms with E-state index in [4.69, 9.17) is 5.11 Å². The lowest BCUT2D eigenvalue weighted by atomic mass is 10.2. The normalized spacial score (nSPS) is 11.3. The molecular weight excluding hydrogens is 225 g/mol. The molecule has 0 aliphatic heterocycles. The molecule has 0 aliphatic rings. The molecule has 0 saturated carbocycles. The summed E-state index contributed by atoms with van der Waals surface area (Å²) in [7, 11) is 3.11. The first-order valence-electron chi connectivity index (χ1n) is 4.22. The van der Waals surface area contributed by atoms with Crippen LogP contribution in [0, 0.1) is 0 Å². The van der Waals surface area contributed by atoms with Crippen LogP contribution >= 0.6 is 0 Å². The monoisotopic (exact) mass is 234 g/mol. The van der Waals surface area contributed by atoms with Gasteiger partial charge in [-0.2, -0.15) is 13.2 Å². The molecule has 1 rings (SSSR count). The van der Waals surface area contributed by atoms with E-state index < -0.39 is 23.4 Å². The second-order valence-corrected chi connectivity index (χ2v) is 3.26. The third-order valence-electron chi connectivity index (χ3n) is 1.85. The highest BCUT2D eigenvalue weighted by atomic mass is 19.4. The first kappa shape index (κ1) is 12.3. The molecule has 16 heavy (non-hydrogen) atoms. The minimum absolute atomic E-state index is 0.158. The molecule has 0 saturated heterocycles. The van der Waals surface area contributed by atoms with Crippen molar-refractivity contribution in [3.05, 3.63) is 23.4 Å². The number of hydrogen-bond donors (Lipinski definition) is 1. The molecule has 0 bridgehead atoms. The molecule has 0 aromatic carbocycles. The van der Waals surface area contributed by atoms with Crippen molar-refractivity contribution in [1.29, 1.82) is 0 Å². The van der Waals surface area contributed by atoms with Gasteiger partial charge in [-0.1, -0.05) is 0 Å². The number of aromatic carboxylic acids is 1. The zero-order valence-corrected chi connectivity index (χ0v) is 8.54. The Morgan fingerprint density at radius 1 is 1.38 bits per heavy atom. The van der Waals surface area contributed by atoms with E-state index in [1.54, 1.807) is 14.1 Å². The topological polar surface area (TPSA) is 53.4 Å². The van der Waals surface area contributed by atoms with Gasteiger partial charge in [-0.15, -0.1) is 0 Å². The molecule has 0 amide bonds. The molecule has 1 N–H and O–H groups in total. The van der Waals surface area contributed by atoms with Gasteiger partial charge in [0.05, 0.1) is 5.56 Å². The Labute approximate surface area is 89.3 Å².